The van der Waals surface area contributed by atoms with Crippen molar-refractivity contribution in [1.82, 2.24) is 19.9 Å². The van der Waals surface area contributed by atoms with Crippen LogP contribution in [0.5, 0.6) is 0 Å². The molecule has 1 unspecified atom stereocenters. The minimum atomic E-state index is -0.308. The van der Waals surface area contributed by atoms with Crippen LogP contribution < -0.4 is 0 Å². The third-order valence-corrected chi connectivity index (χ3v) is 4.64. The molecule has 2 aromatic heterocycles. The van der Waals surface area contributed by atoms with Gasteiger partial charge in [-0.1, -0.05) is 18.2 Å². The third kappa shape index (κ3) is 4.20. The lowest BCUT2D eigenvalue weighted by Gasteiger charge is -2.33. The Balaban J connectivity index is 1.46. The van der Waals surface area contributed by atoms with Gasteiger partial charge in [-0.2, -0.15) is 0 Å². The van der Waals surface area contributed by atoms with Crippen LogP contribution in [0.2, 0.25) is 0 Å². The first-order valence-electron chi connectivity index (χ1n) is 9.05. The van der Waals surface area contributed by atoms with Gasteiger partial charge in [0.2, 0.25) is 5.91 Å². The summed E-state index contributed by atoms with van der Waals surface area (Å²) in [4.78, 5) is 27.2. The molecule has 3 heterocycles. The predicted molar refractivity (Wildman–Crippen MR) is 101 cm³/mol. The van der Waals surface area contributed by atoms with Crippen molar-refractivity contribution in [2.24, 2.45) is 0 Å². The first-order valence-corrected chi connectivity index (χ1v) is 9.05. The van der Waals surface area contributed by atoms with Gasteiger partial charge in [0.25, 0.3) is 0 Å². The highest BCUT2D eigenvalue weighted by Gasteiger charge is 2.26. The summed E-state index contributed by atoms with van der Waals surface area (Å²) < 4.78 is 18.9. The molecular weight excluding hydrogens is 359 g/mol. The Labute approximate surface area is 162 Å². The first-order chi connectivity index (χ1) is 13.7. The first kappa shape index (κ1) is 18.2. The number of carbonyl (C=O) groups excluding carboxylic acids is 1. The van der Waals surface area contributed by atoms with Crippen LogP contribution >= 0.6 is 0 Å². The number of aromatic nitrogens is 3. The summed E-state index contributed by atoms with van der Waals surface area (Å²) in [6.07, 6.45) is 4.83. The molecule has 1 amide bonds. The highest BCUT2D eigenvalue weighted by atomic mass is 19.1. The van der Waals surface area contributed by atoms with E-state index in [2.05, 4.69) is 15.0 Å². The monoisotopic (exact) mass is 378 g/mol. The van der Waals surface area contributed by atoms with Gasteiger partial charge in [-0.25, -0.2) is 19.3 Å². The molecule has 7 heteroatoms. The Bertz CT molecular complexity index is 950. The van der Waals surface area contributed by atoms with Gasteiger partial charge < -0.3 is 9.64 Å². The second kappa shape index (κ2) is 8.22. The maximum absolute atomic E-state index is 13.0. The molecule has 28 heavy (non-hydrogen) atoms. The summed E-state index contributed by atoms with van der Waals surface area (Å²) in [5.74, 6) is -0.315. The van der Waals surface area contributed by atoms with Gasteiger partial charge in [0.05, 0.1) is 31.0 Å². The average Bonchev–Trinajstić information content (AvgIpc) is 2.76. The fourth-order valence-electron chi connectivity index (χ4n) is 3.17. The number of benzene rings is 1. The lowest BCUT2D eigenvalue weighted by molar-refractivity contribution is -0.138. The van der Waals surface area contributed by atoms with Gasteiger partial charge in [0.15, 0.2) is 0 Å². The minimum Gasteiger partial charge on any atom is -0.368 e. The Hall–Kier alpha value is -3.19. The molecule has 0 aliphatic carbocycles. The van der Waals surface area contributed by atoms with E-state index in [9.17, 15) is 9.18 Å². The molecule has 1 fully saturated rings. The maximum Gasteiger partial charge on any atom is 0.227 e. The van der Waals surface area contributed by atoms with Crippen molar-refractivity contribution < 1.29 is 13.9 Å². The summed E-state index contributed by atoms with van der Waals surface area (Å²) in [7, 11) is 0. The molecule has 6 nitrogen and oxygen atoms in total. The lowest BCUT2D eigenvalue weighted by atomic mass is 10.1. The number of morpholine rings is 1. The fourth-order valence-corrected chi connectivity index (χ4v) is 3.17. The smallest absolute Gasteiger partial charge is 0.227 e. The van der Waals surface area contributed by atoms with Crippen LogP contribution in [0.15, 0.2) is 61.2 Å². The van der Waals surface area contributed by atoms with Crippen molar-refractivity contribution in [3.8, 4) is 11.3 Å². The van der Waals surface area contributed by atoms with E-state index in [1.807, 2.05) is 18.2 Å². The predicted octanol–water partition coefficient (Wildman–Crippen LogP) is 2.82. The van der Waals surface area contributed by atoms with E-state index in [0.717, 1.165) is 22.5 Å². The SMILES string of the molecule is O=C(Cc1ccc(F)cc1)N1CCOC(c2cccc(-c3cncnc3)n2)C1. The molecule has 1 aliphatic heterocycles. The van der Waals surface area contributed by atoms with Crippen molar-refractivity contribution >= 4 is 5.91 Å². The topological polar surface area (TPSA) is 68.2 Å². The zero-order valence-corrected chi connectivity index (χ0v) is 15.2. The van der Waals surface area contributed by atoms with Crippen molar-refractivity contribution in [1.29, 1.82) is 0 Å². The molecule has 0 spiro atoms. The van der Waals surface area contributed by atoms with E-state index < -0.39 is 0 Å². The molecule has 142 valence electrons. The van der Waals surface area contributed by atoms with Crippen LogP contribution in [-0.4, -0.2) is 45.5 Å². The van der Waals surface area contributed by atoms with Crippen molar-refractivity contribution in [3.05, 3.63) is 78.3 Å². The van der Waals surface area contributed by atoms with Gasteiger partial charge in [-0.3, -0.25) is 4.79 Å². The van der Waals surface area contributed by atoms with Gasteiger partial charge in [0.1, 0.15) is 18.2 Å². The number of nitrogens with zero attached hydrogens (tertiary/aromatic N) is 4. The molecule has 3 aromatic rings. The van der Waals surface area contributed by atoms with E-state index >= 15 is 0 Å². The van der Waals surface area contributed by atoms with Crippen LogP contribution in [-0.2, 0) is 16.0 Å². The molecular formula is C21H19FN4O2. The summed E-state index contributed by atoms with van der Waals surface area (Å²) >= 11 is 0. The van der Waals surface area contributed by atoms with Crippen LogP contribution in [0.3, 0.4) is 0 Å². The van der Waals surface area contributed by atoms with Crippen LogP contribution in [0.25, 0.3) is 11.3 Å². The normalized spacial score (nSPS) is 16.8. The largest absolute Gasteiger partial charge is 0.368 e. The molecule has 1 aromatic carbocycles. The number of rotatable bonds is 4. The number of carbonyl (C=O) groups is 1. The average molecular weight is 378 g/mol. The summed E-state index contributed by atoms with van der Waals surface area (Å²) in [6.45, 7) is 1.41. The zero-order chi connectivity index (χ0) is 19.3. The number of amides is 1. The lowest BCUT2D eigenvalue weighted by Crippen LogP contribution is -2.43. The number of ether oxygens (including phenoxy) is 1. The highest BCUT2D eigenvalue weighted by Crippen LogP contribution is 2.24. The van der Waals surface area contributed by atoms with E-state index in [1.54, 1.807) is 29.4 Å². The standard InChI is InChI=1S/C21H19FN4O2/c22-17-6-4-15(5-7-17)10-21(27)26-8-9-28-20(13-26)19-3-1-2-18(25-19)16-11-23-14-24-12-16/h1-7,11-12,14,20H,8-10,13H2. The Morgan fingerprint density at radius 3 is 2.71 bits per heavy atom. The Morgan fingerprint density at radius 1 is 1.14 bits per heavy atom. The van der Waals surface area contributed by atoms with Crippen LogP contribution in [0.1, 0.15) is 17.4 Å². The van der Waals surface area contributed by atoms with Gasteiger partial charge in [-0.05, 0) is 29.8 Å². The summed E-state index contributed by atoms with van der Waals surface area (Å²) in [5.41, 5.74) is 3.14. The molecule has 0 N–H and O–H groups in total. The number of halogens is 1. The van der Waals surface area contributed by atoms with E-state index in [1.165, 1.54) is 18.5 Å². The molecule has 0 radical (unpaired) electrons. The Kier molecular flexibility index (Phi) is 5.34. The second-order valence-corrected chi connectivity index (χ2v) is 6.58. The molecule has 4 rings (SSSR count). The number of hydrogen-bond donors (Lipinski definition) is 0. The summed E-state index contributed by atoms with van der Waals surface area (Å²) in [6, 6.07) is 11.7. The zero-order valence-electron chi connectivity index (χ0n) is 15.2. The van der Waals surface area contributed by atoms with Gasteiger partial charge in [0, 0.05) is 24.5 Å². The number of pyridine rings is 1. The highest BCUT2D eigenvalue weighted by molar-refractivity contribution is 5.79. The molecule has 0 saturated carbocycles. The van der Waals surface area contributed by atoms with Crippen LogP contribution in [0, 0.1) is 5.82 Å². The van der Waals surface area contributed by atoms with Crippen LogP contribution in [0.4, 0.5) is 4.39 Å². The molecule has 1 atom stereocenters. The minimum absolute atomic E-state index is 0.00692. The van der Waals surface area contributed by atoms with Crippen molar-refractivity contribution in [2.45, 2.75) is 12.5 Å². The van der Waals surface area contributed by atoms with Gasteiger partial charge in [-0.15, -0.1) is 0 Å². The molecule has 1 saturated heterocycles. The Morgan fingerprint density at radius 2 is 1.93 bits per heavy atom. The summed E-state index contributed by atoms with van der Waals surface area (Å²) in [5, 5.41) is 0. The third-order valence-electron chi connectivity index (χ3n) is 4.64. The quantitative estimate of drug-likeness (QED) is 0.698. The molecule has 1 aliphatic rings. The fraction of sp³-hybridized carbons (Fsp3) is 0.238. The van der Waals surface area contributed by atoms with E-state index in [0.29, 0.717) is 19.7 Å². The van der Waals surface area contributed by atoms with E-state index in [-0.39, 0.29) is 24.2 Å². The maximum atomic E-state index is 13.0. The van der Waals surface area contributed by atoms with Gasteiger partial charge >= 0.3 is 0 Å². The second-order valence-electron chi connectivity index (χ2n) is 6.58. The molecule has 0 bridgehead atoms. The number of hydrogen-bond acceptors (Lipinski definition) is 5. The van der Waals surface area contributed by atoms with E-state index in [4.69, 9.17) is 4.74 Å². The van der Waals surface area contributed by atoms with Crippen molar-refractivity contribution in [3.63, 3.8) is 0 Å². The van der Waals surface area contributed by atoms with Crippen molar-refractivity contribution in [2.75, 3.05) is 19.7 Å².